The fourth-order valence-electron chi connectivity index (χ4n) is 2.16. The van der Waals surface area contributed by atoms with Gasteiger partial charge in [-0.05, 0) is 31.0 Å². The molecule has 3 N–H and O–H groups in total. The van der Waals surface area contributed by atoms with Crippen LogP contribution in [0.4, 0.5) is 0 Å². The summed E-state index contributed by atoms with van der Waals surface area (Å²) in [5, 5.41) is 0. The largest absolute Gasteiger partial charge is 0.297 e. The lowest BCUT2D eigenvalue weighted by Gasteiger charge is -2.27. The van der Waals surface area contributed by atoms with Gasteiger partial charge in [-0.1, -0.05) is 38.1 Å². The van der Waals surface area contributed by atoms with Gasteiger partial charge in [-0.2, -0.15) is 0 Å². The molecule has 0 aliphatic rings. The number of benzene rings is 1. The summed E-state index contributed by atoms with van der Waals surface area (Å²) < 4.78 is 0. The van der Waals surface area contributed by atoms with Crippen LogP contribution in [0.25, 0.3) is 0 Å². The summed E-state index contributed by atoms with van der Waals surface area (Å²) in [7, 11) is 0. The Morgan fingerprint density at radius 1 is 1.32 bits per heavy atom. The van der Waals surface area contributed by atoms with Crippen LogP contribution in [0.5, 0.6) is 0 Å². The van der Waals surface area contributed by atoms with E-state index >= 15 is 0 Å². The van der Waals surface area contributed by atoms with Gasteiger partial charge in [0.2, 0.25) is 5.91 Å². The molecule has 19 heavy (non-hydrogen) atoms. The van der Waals surface area contributed by atoms with Crippen molar-refractivity contribution in [1.29, 1.82) is 0 Å². The van der Waals surface area contributed by atoms with Crippen LogP contribution in [0, 0.1) is 0 Å². The van der Waals surface area contributed by atoms with Crippen molar-refractivity contribution in [2.24, 2.45) is 5.84 Å². The monoisotopic (exact) mass is 263 g/mol. The molecule has 1 rings (SSSR count). The van der Waals surface area contributed by atoms with Gasteiger partial charge in [-0.3, -0.25) is 15.1 Å². The van der Waals surface area contributed by atoms with Crippen LogP contribution in [0.2, 0.25) is 0 Å². The smallest absolute Gasteiger partial charge is 0.238 e. The van der Waals surface area contributed by atoms with Crippen molar-refractivity contribution >= 4 is 5.91 Å². The van der Waals surface area contributed by atoms with E-state index < -0.39 is 0 Å². The van der Waals surface area contributed by atoms with E-state index in [4.69, 9.17) is 5.84 Å². The predicted molar refractivity (Wildman–Crippen MR) is 78.3 cm³/mol. The van der Waals surface area contributed by atoms with Gasteiger partial charge in [0.25, 0.3) is 0 Å². The third kappa shape index (κ3) is 4.65. The van der Waals surface area contributed by atoms with Gasteiger partial charge in [0.1, 0.15) is 0 Å². The molecule has 0 fully saturated rings. The van der Waals surface area contributed by atoms with Gasteiger partial charge in [-0.25, -0.2) is 5.84 Å². The fraction of sp³-hybridized carbons (Fsp3) is 0.533. The number of hydrogen-bond acceptors (Lipinski definition) is 3. The number of hydrogen-bond donors (Lipinski definition) is 2. The van der Waals surface area contributed by atoms with Crippen molar-refractivity contribution in [3.8, 4) is 0 Å². The van der Waals surface area contributed by atoms with Gasteiger partial charge in [0.15, 0.2) is 0 Å². The van der Waals surface area contributed by atoms with Crippen molar-refractivity contribution in [3.63, 3.8) is 0 Å². The number of nitrogens with two attached hydrogens (primary N) is 1. The van der Waals surface area contributed by atoms with E-state index in [0.717, 1.165) is 25.1 Å². The second kappa shape index (κ2) is 7.92. The average Bonchev–Trinajstić information content (AvgIpc) is 2.45. The lowest BCUT2D eigenvalue weighted by Crippen LogP contribution is -2.33. The highest BCUT2D eigenvalue weighted by Gasteiger charge is 2.13. The molecule has 0 bridgehead atoms. The molecular formula is C15H25N3O. The number of carbonyl (C=O) groups excluding carboxylic acids is 1. The van der Waals surface area contributed by atoms with Crippen molar-refractivity contribution < 1.29 is 4.79 Å². The van der Waals surface area contributed by atoms with Crippen LogP contribution in [0.1, 0.15) is 38.3 Å². The minimum absolute atomic E-state index is 0.154. The van der Waals surface area contributed by atoms with E-state index in [0.29, 0.717) is 12.5 Å². The maximum absolute atomic E-state index is 11.4. The quantitative estimate of drug-likeness (QED) is 0.448. The first-order valence-electron chi connectivity index (χ1n) is 6.92. The van der Waals surface area contributed by atoms with E-state index in [1.165, 1.54) is 5.56 Å². The summed E-state index contributed by atoms with van der Waals surface area (Å²) in [6.07, 6.45) is 1.46. The summed E-state index contributed by atoms with van der Waals surface area (Å²) in [4.78, 5) is 13.8. The van der Waals surface area contributed by atoms with Gasteiger partial charge in [0.05, 0.1) is 6.42 Å². The van der Waals surface area contributed by atoms with E-state index in [1.807, 2.05) is 18.2 Å². The zero-order chi connectivity index (χ0) is 14.3. The van der Waals surface area contributed by atoms with Gasteiger partial charge < -0.3 is 0 Å². The zero-order valence-electron chi connectivity index (χ0n) is 12.1. The molecule has 0 saturated heterocycles. The molecule has 0 saturated carbocycles. The highest BCUT2D eigenvalue weighted by Crippen LogP contribution is 2.15. The Morgan fingerprint density at radius 3 is 2.47 bits per heavy atom. The second-order valence-corrected chi connectivity index (χ2v) is 4.83. The molecule has 0 radical (unpaired) electrons. The van der Waals surface area contributed by atoms with Gasteiger partial charge in [0, 0.05) is 12.6 Å². The standard InChI is InChI=1S/C15H25N3O/c1-4-12(3)18(5-2)11-14-9-7-6-8-13(14)10-15(19)17-16/h6-9,12H,4-5,10-11,16H2,1-3H3,(H,17,19). The topological polar surface area (TPSA) is 58.4 Å². The van der Waals surface area contributed by atoms with Crippen LogP contribution in [0.15, 0.2) is 24.3 Å². The van der Waals surface area contributed by atoms with E-state index in [-0.39, 0.29) is 5.91 Å². The Labute approximate surface area is 115 Å². The highest BCUT2D eigenvalue weighted by atomic mass is 16.2. The van der Waals surface area contributed by atoms with Crippen molar-refractivity contribution in [2.45, 2.75) is 46.2 Å². The third-order valence-electron chi connectivity index (χ3n) is 3.62. The Kier molecular flexibility index (Phi) is 6.53. The third-order valence-corrected chi connectivity index (χ3v) is 3.62. The molecule has 1 unspecified atom stereocenters. The molecule has 0 heterocycles. The molecule has 1 aromatic carbocycles. The molecule has 1 amide bonds. The van der Waals surface area contributed by atoms with E-state index in [9.17, 15) is 4.79 Å². The number of hydrazine groups is 1. The summed E-state index contributed by atoms with van der Waals surface area (Å²) in [6, 6.07) is 8.60. The molecule has 4 heteroatoms. The minimum Gasteiger partial charge on any atom is -0.297 e. The average molecular weight is 263 g/mol. The molecule has 0 aliphatic carbocycles. The van der Waals surface area contributed by atoms with Crippen LogP contribution >= 0.6 is 0 Å². The van der Waals surface area contributed by atoms with Crippen molar-refractivity contribution in [3.05, 3.63) is 35.4 Å². The SMILES string of the molecule is CCC(C)N(CC)Cc1ccccc1CC(=O)NN. The van der Waals surface area contributed by atoms with Gasteiger partial charge in [-0.15, -0.1) is 0 Å². The van der Waals surface area contributed by atoms with Crippen molar-refractivity contribution in [2.75, 3.05) is 6.54 Å². The maximum Gasteiger partial charge on any atom is 0.238 e. The van der Waals surface area contributed by atoms with E-state index in [2.05, 4.69) is 37.2 Å². The number of rotatable bonds is 7. The Balaban J connectivity index is 2.84. The van der Waals surface area contributed by atoms with Crippen molar-refractivity contribution in [1.82, 2.24) is 10.3 Å². The molecule has 4 nitrogen and oxygen atoms in total. The molecule has 0 spiro atoms. The molecule has 1 aromatic rings. The molecule has 1 atom stereocenters. The van der Waals surface area contributed by atoms with E-state index in [1.54, 1.807) is 0 Å². The lowest BCUT2D eigenvalue weighted by molar-refractivity contribution is -0.120. The second-order valence-electron chi connectivity index (χ2n) is 4.83. The summed E-state index contributed by atoms with van der Waals surface area (Å²) in [6.45, 7) is 8.48. The normalized spacial score (nSPS) is 12.5. The van der Waals surface area contributed by atoms with Crippen LogP contribution < -0.4 is 11.3 Å². The molecule has 0 aliphatic heterocycles. The number of carbonyl (C=O) groups is 1. The minimum atomic E-state index is -0.154. The lowest BCUT2D eigenvalue weighted by atomic mass is 10.0. The fourth-order valence-corrected chi connectivity index (χ4v) is 2.16. The van der Waals surface area contributed by atoms with Crippen LogP contribution in [-0.4, -0.2) is 23.4 Å². The first-order chi connectivity index (χ1) is 9.12. The Hall–Kier alpha value is -1.39. The molecule has 106 valence electrons. The van der Waals surface area contributed by atoms with Gasteiger partial charge >= 0.3 is 0 Å². The highest BCUT2D eigenvalue weighted by molar-refractivity contribution is 5.78. The number of nitrogens with one attached hydrogen (secondary N) is 1. The van der Waals surface area contributed by atoms with Crippen LogP contribution in [0.3, 0.4) is 0 Å². The summed E-state index contributed by atoms with van der Waals surface area (Å²) in [5.74, 6) is 5.00. The van der Waals surface area contributed by atoms with Crippen LogP contribution in [-0.2, 0) is 17.8 Å². The Bertz CT molecular complexity index is 406. The predicted octanol–water partition coefficient (Wildman–Crippen LogP) is 1.84. The zero-order valence-corrected chi connectivity index (χ0v) is 12.1. The Morgan fingerprint density at radius 2 is 1.95 bits per heavy atom. The number of amides is 1. The molecule has 0 aromatic heterocycles. The molecular weight excluding hydrogens is 238 g/mol. The number of nitrogens with zero attached hydrogens (tertiary/aromatic N) is 1. The summed E-state index contributed by atoms with van der Waals surface area (Å²) in [5.41, 5.74) is 4.44. The summed E-state index contributed by atoms with van der Waals surface area (Å²) >= 11 is 0. The first-order valence-corrected chi connectivity index (χ1v) is 6.92. The maximum atomic E-state index is 11.4. The first kappa shape index (κ1) is 15.7.